The predicted molar refractivity (Wildman–Crippen MR) is 64.4 cm³/mol. The van der Waals surface area contributed by atoms with Gasteiger partial charge < -0.3 is 10.6 Å². The third kappa shape index (κ3) is 4.02. The van der Waals surface area contributed by atoms with E-state index < -0.39 is 0 Å². The largest absolute Gasteiger partial charge is 0.314 e. The van der Waals surface area contributed by atoms with Crippen LogP contribution >= 0.6 is 0 Å². The van der Waals surface area contributed by atoms with Gasteiger partial charge in [-0.1, -0.05) is 20.8 Å². The molecule has 0 aliphatic carbocycles. The Morgan fingerprint density at radius 3 is 2.94 bits per heavy atom. The number of carbonyl (C=O) groups excluding carboxylic acids is 1. The Balaban J connectivity index is 2.34. The molecule has 1 aromatic heterocycles. The molecule has 1 aromatic rings. The topological polar surface area (TPSA) is 69.8 Å². The van der Waals surface area contributed by atoms with Crippen LogP contribution in [0.3, 0.4) is 0 Å². The van der Waals surface area contributed by atoms with Crippen LogP contribution in [0, 0.1) is 0 Å². The van der Waals surface area contributed by atoms with Crippen molar-refractivity contribution in [2.24, 2.45) is 0 Å². The van der Waals surface area contributed by atoms with Gasteiger partial charge in [0.2, 0.25) is 5.91 Å². The highest BCUT2D eigenvalue weighted by atomic mass is 16.1. The highest BCUT2D eigenvalue weighted by Gasteiger charge is 2.07. The van der Waals surface area contributed by atoms with Crippen molar-refractivity contribution in [1.29, 1.82) is 0 Å². The first-order valence-corrected chi connectivity index (χ1v) is 5.69. The number of nitrogens with zero attached hydrogens (tertiary/aromatic N) is 1. The molecular weight excluding hydrogens is 204 g/mol. The van der Waals surface area contributed by atoms with E-state index in [2.05, 4.69) is 34.7 Å². The number of rotatable bonds is 6. The third-order valence-electron chi connectivity index (χ3n) is 2.27. The molecule has 0 spiro atoms. The second-order valence-electron chi connectivity index (χ2n) is 4.03. The van der Waals surface area contributed by atoms with Crippen molar-refractivity contribution in [1.82, 2.24) is 15.5 Å². The van der Waals surface area contributed by atoms with Gasteiger partial charge in [0.15, 0.2) is 0 Å². The van der Waals surface area contributed by atoms with Gasteiger partial charge in [-0.3, -0.25) is 9.89 Å². The van der Waals surface area contributed by atoms with Gasteiger partial charge in [-0.25, -0.2) is 0 Å². The quantitative estimate of drug-likeness (QED) is 0.682. The summed E-state index contributed by atoms with van der Waals surface area (Å²) in [6.07, 6.45) is 3.07. The molecule has 0 saturated carbocycles. The first kappa shape index (κ1) is 12.7. The molecule has 0 aromatic carbocycles. The number of hydrogen-bond acceptors (Lipinski definition) is 3. The van der Waals surface area contributed by atoms with Gasteiger partial charge in [-0.2, -0.15) is 5.10 Å². The van der Waals surface area contributed by atoms with E-state index in [1.165, 1.54) is 0 Å². The van der Waals surface area contributed by atoms with Crippen LogP contribution in [0.2, 0.25) is 0 Å². The Hall–Kier alpha value is -1.36. The molecule has 0 atom stereocenters. The minimum Gasteiger partial charge on any atom is -0.314 e. The number of amides is 1. The number of aromatic amines is 1. The monoisotopic (exact) mass is 224 g/mol. The lowest BCUT2D eigenvalue weighted by molar-refractivity contribution is -0.116. The van der Waals surface area contributed by atoms with Crippen molar-refractivity contribution >= 4 is 11.7 Å². The molecule has 0 bridgehead atoms. The van der Waals surface area contributed by atoms with Crippen LogP contribution in [-0.2, 0) is 11.2 Å². The highest BCUT2D eigenvalue weighted by molar-refractivity contribution is 5.90. The lowest BCUT2D eigenvalue weighted by Gasteiger charge is -2.08. The molecule has 90 valence electrons. The average Bonchev–Trinajstić information content (AvgIpc) is 2.64. The predicted octanol–water partition coefficient (Wildman–Crippen LogP) is 1.30. The molecule has 1 amide bonds. The van der Waals surface area contributed by atoms with Crippen LogP contribution in [-0.4, -0.2) is 28.7 Å². The van der Waals surface area contributed by atoms with Crippen LogP contribution in [0.4, 0.5) is 5.82 Å². The fourth-order valence-corrected chi connectivity index (χ4v) is 1.36. The van der Waals surface area contributed by atoms with E-state index in [4.69, 9.17) is 0 Å². The maximum absolute atomic E-state index is 11.6. The van der Waals surface area contributed by atoms with Gasteiger partial charge in [0.1, 0.15) is 5.82 Å². The van der Waals surface area contributed by atoms with E-state index in [-0.39, 0.29) is 5.91 Å². The Morgan fingerprint density at radius 1 is 1.56 bits per heavy atom. The number of nitrogens with one attached hydrogen (secondary N) is 3. The van der Waals surface area contributed by atoms with Crippen molar-refractivity contribution in [3.63, 3.8) is 0 Å². The van der Waals surface area contributed by atoms with Gasteiger partial charge in [0.25, 0.3) is 0 Å². The van der Waals surface area contributed by atoms with E-state index in [0.29, 0.717) is 19.0 Å². The van der Waals surface area contributed by atoms with Crippen molar-refractivity contribution in [3.05, 3.63) is 11.8 Å². The zero-order chi connectivity index (χ0) is 12.0. The fraction of sp³-hybridized carbons (Fsp3) is 0.636. The van der Waals surface area contributed by atoms with Gasteiger partial charge in [-0.15, -0.1) is 0 Å². The van der Waals surface area contributed by atoms with Crippen LogP contribution in [0.25, 0.3) is 0 Å². The van der Waals surface area contributed by atoms with Gasteiger partial charge in [-0.05, 0) is 6.42 Å². The van der Waals surface area contributed by atoms with E-state index in [9.17, 15) is 4.79 Å². The van der Waals surface area contributed by atoms with Crippen molar-refractivity contribution in [2.45, 2.75) is 39.7 Å². The summed E-state index contributed by atoms with van der Waals surface area (Å²) < 4.78 is 0. The highest BCUT2D eigenvalue weighted by Crippen LogP contribution is 2.11. The molecule has 0 radical (unpaired) electrons. The van der Waals surface area contributed by atoms with Crippen LogP contribution in [0.1, 0.15) is 32.8 Å². The molecule has 3 N–H and O–H groups in total. The van der Waals surface area contributed by atoms with E-state index in [1.54, 1.807) is 6.20 Å². The van der Waals surface area contributed by atoms with Gasteiger partial charge in [0, 0.05) is 24.6 Å². The summed E-state index contributed by atoms with van der Waals surface area (Å²) in [5, 5.41) is 12.7. The Labute approximate surface area is 96.0 Å². The molecule has 0 saturated heterocycles. The number of hydrogen-bond donors (Lipinski definition) is 3. The molecule has 0 unspecified atom stereocenters. The molecule has 16 heavy (non-hydrogen) atoms. The third-order valence-corrected chi connectivity index (χ3v) is 2.27. The Kier molecular flexibility index (Phi) is 4.98. The molecule has 0 aliphatic heterocycles. The zero-order valence-corrected chi connectivity index (χ0v) is 10.1. The van der Waals surface area contributed by atoms with Crippen molar-refractivity contribution < 1.29 is 4.79 Å². The van der Waals surface area contributed by atoms with Crippen molar-refractivity contribution in [2.75, 3.05) is 11.9 Å². The number of carbonyl (C=O) groups is 1. The van der Waals surface area contributed by atoms with Gasteiger partial charge >= 0.3 is 0 Å². The van der Waals surface area contributed by atoms with Crippen LogP contribution in [0.5, 0.6) is 0 Å². The van der Waals surface area contributed by atoms with E-state index >= 15 is 0 Å². The van der Waals surface area contributed by atoms with Gasteiger partial charge in [0.05, 0.1) is 6.20 Å². The molecule has 5 nitrogen and oxygen atoms in total. The molecular formula is C11H20N4O. The summed E-state index contributed by atoms with van der Waals surface area (Å²) in [6.45, 7) is 6.84. The van der Waals surface area contributed by atoms with E-state index in [1.807, 2.05) is 6.92 Å². The van der Waals surface area contributed by atoms with Crippen LogP contribution in [0.15, 0.2) is 6.20 Å². The maximum Gasteiger partial charge on any atom is 0.226 e. The normalized spacial score (nSPS) is 10.8. The maximum atomic E-state index is 11.6. The smallest absolute Gasteiger partial charge is 0.226 e. The summed E-state index contributed by atoms with van der Waals surface area (Å²) >= 11 is 0. The second-order valence-corrected chi connectivity index (χ2v) is 4.03. The Bertz CT molecular complexity index is 332. The first-order chi connectivity index (χ1) is 7.63. The standard InChI is InChI=1S/C11H20N4O/c1-4-9-7-13-15-11(9)14-10(16)5-6-12-8(2)3/h7-8,12H,4-6H2,1-3H3,(H2,13,14,15,16). The molecule has 0 aliphatic rings. The Morgan fingerprint density at radius 2 is 2.31 bits per heavy atom. The molecule has 1 heterocycles. The number of H-pyrrole nitrogens is 1. The van der Waals surface area contributed by atoms with Crippen molar-refractivity contribution in [3.8, 4) is 0 Å². The average molecular weight is 224 g/mol. The summed E-state index contributed by atoms with van der Waals surface area (Å²) in [6, 6.07) is 0.408. The summed E-state index contributed by atoms with van der Waals surface area (Å²) in [4.78, 5) is 11.6. The summed E-state index contributed by atoms with van der Waals surface area (Å²) in [5.41, 5.74) is 1.03. The number of aromatic nitrogens is 2. The minimum atomic E-state index is 0.00657. The molecule has 0 fully saturated rings. The second kappa shape index (κ2) is 6.27. The minimum absolute atomic E-state index is 0.00657. The lowest BCUT2D eigenvalue weighted by Crippen LogP contribution is -2.27. The summed E-state index contributed by atoms with van der Waals surface area (Å²) in [7, 11) is 0. The van der Waals surface area contributed by atoms with Crippen LogP contribution < -0.4 is 10.6 Å². The zero-order valence-electron chi connectivity index (χ0n) is 10.1. The fourth-order valence-electron chi connectivity index (χ4n) is 1.36. The first-order valence-electron chi connectivity index (χ1n) is 5.69. The summed E-state index contributed by atoms with van der Waals surface area (Å²) in [5.74, 6) is 0.726. The number of aryl methyl sites for hydroxylation is 1. The molecule has 1 rings (SSSR count). The SMILES string of the molecule is CCc1cn[nH]c1NC(=O)CCNC(C)C. The number of anilines is 1. The molecule has 5 heteroatoms. The lowest BCUT2D eigenvalue weighted by atomic mass is 10.2. The van der Waals surface area contributed by atoms with E-state index in [0.717, 1.165) is 17.8 Å².